The van der Waals surface area contributed by atoms with Crippen molar-refractivity contribution in [3.8, 4) is 5.75 Å². The fourth-order valence-electron chi connectivity index (χ4n) is 2.11. The van der Waals surface area contributed by atoms with E-state index in [0.29, 0.717) is 22.0 Å². The summed E-state index contributed by atoms with van der Waals surface area (Å²) in [5, 5.41) is 3.13. The predicted molar refractivity (Wildman–Crippen MR) is 94.9 cm³/mol. The lowest BCUT2D eigenvalue weighted by Crippen LogP contribution is -2.07. The Morgan fingerprint density at radius 1 is 1.29 bits per heavy atom. The fourth-order valence-corrected chi connectivity index (χ4v) is 3.01. The summed E-state index contributed by atoms with van der Waals surface area (Å²) in [4.78, 5) is 16.2. The molecule has 1 amide bonds. The van der Waals surface area contributed by atoms with E-state index in [1.165, 1.54) is 29.5 Å². The number of benzene rings is 2. The fraction of sp³-hybridized carbons (Fsp3) is 0.111. The van der Waals surface area contributed by atoms with Crippen LogP contribution in [0.25, 0.3) is 16.3 Å². The number of thiazole rings is 1. The molecule has 122 valence electrons. The van der Waals surface area contributed by atoms with Gasteiger partial charge in [0.15, 0.2) is 5.13 Å². The van der Waals surface area contributed by atoms with Gasteiger partial charge in [0, 0.05) is 6.08 Å². The molecule has 1 heterocycles. The van der Waals surface area contributed by atoms with Crippen molar-refractivity contribution in [1.82, 2.24) is 4.98 Å². The standard InChI is InChI=1S/C18H15FN2O2S/c1-2-23-14-7-3-12(4-8-14)5-10-17(22)21-18-20-15-9-6-13(19)11-16(15)24-18/h3-11H,2H2,1H3,(H,20,21,22)/b10-5+. The number of nitrogens with one attached hydrogen (secondary N) is 1. The molecule has 6 heteroatoms. The van der Waals surface area contributed by atoms with Gasteiger partial charge in [-0.15, -0.1) is 0 Å². The number of carbonyl (C=O) groups excluding carboxylic acids is 1. The molecule has 0 aliphatic carbocycles. The molecule has 0 aliphatic heterocycles. The van der Waals surface area contributed by atoms with Crippen LogP contribution >= 0.6 is 11.3 Å². The Morgan fingerprint density at radius 2 is 2.08 bits per heavy atom. The second kappa shape index (κ2) is 7.23. The molecule has 0 unspecified atom stereocenters. The van der Waals surface area contributed by atoms with Gasteiger partial charge in [0.05, 0.1) is 16.8 Å². The Bertz CT molecular complexity index is 888. The SMILES string of the molecule is CCOc1ccc(/C=C/C(=O)Nc2nc3ccc(F)cc3s2)cc1. The lowest BCUT2D eigenvalue weighted by molar-refractivity contribution is -0.111. The molecule has 0 fully saturated rings. The van der Waals surface area contributed by atoms with Crippen LogP contribution in [0.3, 0.4) is 0 Å². The van der Waals surface area contributed by atoms with Gasteiger partial charge in [-0.1, -0.05) is 23.5 Å². The van der Waals surface area contributed by atoms with E-state index in [0.717, 1.165) is 11.3 Å². The third-order valence-electron chi connectivity index (χ3n) is 3.20. The Labute approximate surface area is 142 Å². The van der Waals surface area contributed by atoms with E-state index in [-0.39, 0.29) is 11.7 Å². The minimum atomic E-state index is -0.320. The molecule has 1 aromatic heterocycles. The number of rotatable bonds is 5. The first-order valence-corrected chi connectivity index (χ1v) is 8.24. The van der Waals surface area contributed by atoms with Crippen molar-refractivity contribution in [3.63, 3.8) is 0 Å². The molecule has 3 rings (SSSR count). The van der Waals surface area contributed by atoms with Gasteiger partial charge in [-0.2, -0.15) is 0 Å². The van der Waals surface area contributed by atoms with Crippen molar-refractivity contribution in [1.29, 1.82) is 0 Å². The van der Waals surface area contributed by atoms with Gasteiger partial charge >= 0.3 is 0 Å². The molecule has 1 N–H and O–H groups in total. The van der Waals surface area contributed by atoms with Gasteiger partial charge in [0.25, 0.3) is 0 Å². The quantitative estimate of drug-likeness (QED) is 0.695. The largest absolute Gasteiger partial charge is 0.494 e. The molecular weight excluding hydrogens is 327 g/mol. The summed E-state index contributed by atoms with van der Waals surface area (Å²) in [6.45, 7) is 2.54. The molecule has 0 radical (unpaired) electrons. The molecule has 24 heavy (non-hydrogen) atoms. The van der Waals surface area contributed by atoms with E-state index < -0.39 is 0 Å². The van der Waals surface area contributed by atoms with Gasteiger partial charge in [0.1, 0.15) is 11.6 Å². The summed E-state index contributed by atoms with van der Waals surface area (Å²) in [6, 6.07) is 11.8. The zero-order chi connectivity index (χ0) is 16.9. The van der Waals surface area contributed by atoms with Crippen LogP contribution in [0.5, 0.6) is 5.75 Å². The van der Waals surface area contributed by atoms with Gasteiger partial charge in [-0.25, -0.2) is 9.37 Å². The maximum Gasteiger partial charge on any atom is 0.250 e. The molecular formula is C18H15FN2O2S. The second-order valence-corrected chi connectivity index (χ2v) is 5.99. The van der Waals surface area contributed by atoms with Gasteiger partial charge in [0.2, 0.25) is 5.91 Å². The van der Waals surface area contributed by atoms with Crippen LogP contribution in [0.4, 0.5) is 9.52 Å². The van der Waals surface area contributed by atoms with E-state index in [1.54, 1.807) is 12.1 Å². The van der Waals surface area contributed by atoms with Crippen LogP contribution in [-0.4, -0.2) is 17.5 Å². The number of hydrogen-bond acceptors (Lipinski definition) is 4. The van der Waals surface area contributed by atoms with E-state index in [1.807, 2.05) is 31.2 Å². The normalized spacial score (nSPS) is 11.1. The highest BCUT2D eigenvalue weighted by atomic mass is 32.1. The molecule has 4 nitrogen and oxygen atoms in total. The van der Waals surface area contributed by atoms with Crippen molar-refractivity contribution < 1.29 is 13.9 Å². The highest BCUT2D eigenvalue weighted by molar-refractivity contribution is 7.22. The molecule has 2 aromatic carbocycles. The summed E-state index contributed by atoms with van der Waals surface area (Å²) >= 11 is 1.24. The number of amides is 1. The number of fused-ring (bicyclic) bond motifs is 1. The maximum absolute atomic E-state index is 13.2. The zero-order valence-corrected chi connectivity index (χ0v) is 13.8. The number of nitrogens with zero attached hydrogens (tertiary/aromatic N) is 1. The lowest BCUT2D eigenvalue weighted by Gasteiger charge is -2.02. The summed E-state index contributed by atoms with van der Waals surface area (Å²) < 4.78 is 19.2. The smallest absolute Gasteiger partial charge is 0.250 e. The topological polar surface area (TPSA) is 51.2 Å². The van der Waals surface area contributed by atoms with Gasteiger partial charge in [-0.05, 0) is 48.9 Å². The lowest BCUT2D eigenvalue weighted by atomic mass is 10.2. The first-order valence-electron chi connectivity index (χ1n) is 7.42. The molecule has 3 aromatic rings. The first-order chi connectivity index (χ1) is 11.6. The molecule has 0 saturated carbocycles. The van der Waals surface area contributed by atoms with E-state index >= 15 is 0 Å². The number of halogens is 1. The van der Waals surface area contributed by atoms with Crippen LogP contribution < -0.4 is 10.1 Å². The number of hydrogen-bond donors (Lipinski definition) is 1. The van der Waals surface area contributed by atoms with Gasteiger partial charge in [-0.3, -0.25) is 10.1 Å². The third kappa shape index (κ3) is 3.97. The minimum absolute atomic E-state index is 0.289. The highest BCUT2D eigenvalue weighted by Crippen LogP contribution is 2.26. The zero-order valence-electron chi connectivity index (χ0n) is 13.0. The van der Waals surface area contributed by atoms with Crippen LogP contribution in [-0.2, 0) is 4.79 Å². The van der Waals surface area contributed by atoms with Crippen molar-refractivity contribution in [3.05, 3.63) is 59.9 Å². The molecule has 0 atom stereocenters. The number of ether oxygens (including phenoxy) is 1. The Balaban J connectivity index is 1.65. The number of anilines is 1. The number of aromatic nitrogens is 1. The van der Waals surface area contributed by atoms with E-state index in [9.17, 15) is 9.18 Å². The molecule has 0 aliphatic rings. The second-order valence-electron chi connectivity index (χ2n) is 4.96. The Kier molecular flexibility index (Phi) is 4.86. The van der Waals surface area contributed by atoms with Gasteiger partial charge < -0.3 is 4.74 Å². The third-order valence-corrected chi connectivity index (χ3v) is 4.13. The highest BCUT2D eigenvalue weighted by Gasteiger charge is 2.06. The Hall–Kier alpha value is -2.73. The van der Waals surface area contributed by atoms with Crippen molar-refractivity contribution in [2.24, 2.45) is 0 Å². The van der Waals surface area contributed by atoms with Crippen LogP contribution in [0.15, 0.2) is 48.5 Å². The molecule has 0 spiro atoms. The maximum atomic E-state index is 13.2. The van der Waals surface area contributed by atoms with Crippen molar-refractivity contribution in [2.45, 2.75) is 6.92 Å². The minimum Gasteiger partial charge on any atom is -0.494 e. The van der Waals surface area contributed by atoms with Crippen LogP contribution in [0.2, 0.25) is 0 Å². The van der Waals surface area contributed by atoms with Crippen LogP contribution in [0.1, 0.15) is 12.5 Å². The molecule has 0 saturated heterocycles. The summed E-state index contributed by atoms with van der Waals surface area (Å²) in [6.07, 6.45) is 3.14. The predicted octanol–water partition coefficient (Wildman–Crippen LogP) is 4.49. The van der Waals surface area contributed by atoms with E-state index in [4.69, 9.17) is 4.74 Å². The summed E-state index contributed by atoms with van der Waals surface area (Å²) in [7, 11) is 0. The van der Waals surface area contributed by atoms with E-state index in [2.05, 4.69) is 10.3 Å². The van der Waals surface area contributed by atoms with Crippen molar-refractivity contribution in [2.75, 3.05) is 11.9 Å². The monoisotopic (exact) mass is 342 g/mol. The van der Waals surface area contributed by atoms with Crippen molar-refractivity contribution >= 4 is 38.7 Å². The van der Waals surface area contributed by atoms with Crippen LogP contribution in [0, 0.1) is 5.82 Å². The summed E-state index contributed by atoms with van der Waals surface area (Å²) in [5.74, 6) is 0.184. The average Bonchev–Trinajstić information content (AvgIpc) is 2.95. The Morgan fingerprint density at radius 3 is 2.83 bits per heavy atom. The first kappa shape index (κ1) is 16.1. The summed E-state index contributed by atoms with van der Waals surface area (Å²) in [5.41, 5.74) is 1.55. The molecule has 0 bridgehead atoms. The number of carbonyl (C=O) groups is 1. The average molecular weight is 342 g/mol.